The zero-order valence-corrected chi connectivity index (χ0v) is 17.5. The Morgan fingerprint density at radius 1 is 1.10 bits per heavy atom. The van der Waals surface area contributed by atoms with E-state index in [9.17, 15) is 9.59 Å². The lowest BCUT2D eigenvalue weighted by Gasteiger charge is -2.20. The quantitative estimate of drug-likeness (QED) is 0.641. The molecular formula is C24H24N4O3. The molecule has 0 bridgehead atoms. The average Bonchev–Trinajstić information content (AvgIpc) is 3.47. The molecule has 0 saturated heterocycles. The highest BCUT2D eigenvalue weighted by Crippen LogP contribution is 2.33. The van der Waals surface area contributed by atoms with E-state index in [-0.39, 0.29) is 24.4 Å². The van der Waals surface area contributed by atoms with Gasteiger partial charge < -0.3 is 15.1 Å². The van der Waals surface area contributed by atoms with Crippen LogP contribution in [0.15, 0.2) is 76.4 Å². The topological polar surface area (TPSA) is 86.9 Å². The van der Waals surface area contributed by atoms with Crippen LogP contribution in [-0.4, -0.2) is 36.1 Å². The molecule has 1 aliphatic heterocycles. The summed E-state index contributed by atoms with van der Waals surface area (Å²) in [4.78, 5) is 25.2. The van der Waals surface area contributed by atoms with E-state index in [1.54, 1.807) is 37.6 Å². The van der Waals surface area contributed by atoms with Gasteiger partial charge in [0.25, 0.3) is 11.8 Å². The van der Waals surface area contributed by atoms with Gasteiger partial charge in [-0.2, -0.15) is 5.10 Å². The molecule has 0 fully saturated rings. The first kappa shape index (κ1) is 20.4. The lowest BCUT2D eigenvalue weighted by Crippen LogP contribution is -2.32. The number of carbonyl (C=O) groups is 2. The van der Waals surface area contributed by atoms with E-state index in [0.29, 0.717) is 23.4 Å². The third kappa shape index (κ3) is 4.35. The van der Waals surface area contributed by atoms with Crippen LogP contribution in [-0.2, 0) is 4.79 Å². The van der Waals surface area contributed by atoms with Crippen LogP contribution in [0.25, 0.3) is 0 Å². The summed E-state index contributed by atoms with van der Waals surface area (Å²) in [5, 5.41) is 11.8. The van der Waals surface area contributed by atoms with E-state index in [1.165, 1.54) is 5.01 Å². The molecule has 7 nitrogen and oxygen atoms in total. The molecule has 2 amide bonds. The molecule has 1 atom stereocenters. The zero-order chi connectivity index (χ0) is 21.8. The van der Waals surface area contributed by atoms with E-state index < -0.39 is 0 Å². The van der Waals surface area contributed by atoms with Crippen molar-refractivity contribution in [3.05, 3.63) is 89.4 Å². The SMILES string of the molecule is CNC(=O)c1ccccc1NCC(=O)N1N=C(c2ccc(C)cc2)CC1c1ccco1. The van der Waals surface area contributed by atoms with Crippen LogP contribution in [0, 0.1) is 6.92 Å². The number of rotatable bonds is 6. The van der Waals surface area contributed by atoms with Gasteiger partial charge in [-0.25, -0.2) is 5.01 Å². The van der Waals surface area contributed by atoms with Gasteiger partial charge in [0.05, 0.1) is 24.1 Å². The smallest absolute Gasteiger partial charge is 0.262 e. The van der Waals surface area contributed by atoms with E-state index in [4.69, 9.17) is 4.42 Å². The number of nitrogens with one attached hydrogen (secondary N) is 2. The maximum atomic E-state index is 13.1. The fraction of sp³-hybridized carbons (Fsp3) is 0.208. The number of hydrazone groups is 1. The van der Waals surface area contributed by atoms with E-state index in [0.717, 1.165) is 16.8 Å². The minimum absolute atomic E-state index is 0.00407. The predicted molar refractivity (Wildman–Crippen MR) is 119 cm³/mol. The van der Waals surface area contributed by atoms with Crippen molar-refractivity contribution >= 4 is 23.2 Å². The number of hydrogen-bond acceptors (Lipinski definition) is 5. The number of hydrogen-bond donors (Lipinski definition) is 2. The Hall–Kier alpha value is -3.87. The predicted octanol–water partition coefficient (Wildman–Crippen LogP) is 3.74. The third-order valence-corrected chi connectivity index (χ3v) is 5.25. The van der Waals surface area contributed by atoms with Crippen molar-refractivity contribution in [3.63, 3.8) is 0 Å². The Bertz CT molecular complexity index is 1100. The Balaban J connectivity index is 1.56. The van der Waals surface area contributed by atoms with Crippen molar-refractivity contribution in [2.75, 3.05) is 18.9 Å². The molecule has 1 unspecified atom stereocenters. The third-order valence-electron chi connectivity index (χ3n) is 5.25. The number of amides is 2. The molecule has 7 heteroatoms. The number of aryl methyl sites for hydroxylation is 1. The number of carbonyl (C=O) groups excluding carboxylic acids is 2. The summed E-state index contributed by atoms with van der Waals surface area (Å²) in [7, 11) is 1.57. The first-order valence-corrected chi connectivity index (χ1v) is 10.1. The Labute approximate surface area is 180 Å². The van der Waals surface area contributed by atoms with Gasteiger partial charge in [-0.3, -0.25) is 9.59 Å². The van der Waals surface area contributed by atoms with Crippen LogP contribution in [0.3, 0.4) is 0 Å². The molecular weight excluding hydrogens is 392 g/mol. The summed E-state index contributed by atoms with van der Waals surface area (Å²) in [6.07, 6.45) is 2.16. The monoisotopic (exact) mass is 416 g/mol. The largest absolute Gasteiger partial charge is 0.467 e. The van der Waals surface area contributed by atoms with Crippen molar-refractivity contribution in [3.8, 4) is 0 Å². The van der Waals surface area contributed by atoms with Gasteiger partial charge in [-0.05, 0) is 36.8 Å². The fourth-order valence-electron chi connectivity index (χ4n) is 3.59. The minimum Gasteiger partial charge on any atom is -0.467 e. The molecule has 1 aliphatic rings. The van der Waals surface area contributed by atoms with Gasteiger partial charge in [0.2, 0.25) is 0 Å². The molecule has 0 aliphatic carbocycles. The highest BCUT2D eigenvalue weighted by Gasteiger charge is 2.34. The summed E-state index contributed by atoms with van der Waals surface area (Å²) < 4.78 is 5.59. The van der Waals surface area contributed by atoms with Crippen LogP contribution in [0.2, 0.25) is 0 Å². The molecule has 2 aromatic carbocycles. The van der Waals surface area contributed by atoms with Crippen molar-refractivity contribution in [1.82, 2.24) is 10.3 Å². The highest BCUT2D eigenvalue weighted by atomic mass is 16.3. The number of furan rings is 1. The van der Waals surface area contributed by atoms with Crippen LogP contribution in [0.5, 0.6) is 0 Å². The Kier molecular flexibility index (Phi) is 5.84. The maximum absolute atomic E-state index is 13.1. The number of para-hydroxylation sites is 1. The van der Waals surface area contributed by atoms with Gasteiger partial charge in [0.15, 0.2) is 0 Å². The van der Waals surface area contributed by atoms with Crippen molar-refractivity contribution in [2.45, 2.75) is 19.4 Å². The van der Waals surface area contributed by atoms with Crippen LogP contribution < -0.4 is 10.6 Å². The van der Waals surface area contributed by atoms with E-state index in [1.807, 2.05) is 43.3 Å². The maximum Gasteiger partial charge on any atom is 0.262 e. The first-order chi connectivity index (χ1) is 15.1. The van der Waals surface area contributed by atoms with E-state index >= 15 is 0 Å². The molecule has 3 aromatic rings. The summed E-state index contributed by atoms with van der Waals surface area (Å²) >= 11 is 0. The van der Waals surface area contributed by atoms with Gasteiger partial charge in [0, 0.05) is 19.2 Å². The summed E-state index contributed by atoms with van der Waals surface area (Å²) in [6.45, 7) is 2.03. The van der Waals surface area contributed by atoms with Crippen molar-refractivity contribution in [2.24, 2.45) is 5.10 Å². The number of benzene rings is 2. The summed E-state index contributed by atoms with van der Waals surface area (Å²) in [6, 6.07) is 18.5. The molecule has 31 heavy (non-hydrogen) atoms. The average molecular weight is 416 g/mol. The standard InChI is InChI=1S/C24H24N4O3/c1-16-9-11-17(12-10-16)20-14-21(22-8-5-13-31-22)28(27-20)23(29)15-26-19-7-4-3-6-18(19)24(30)25-2/h3-13,21,26H,14-15H2,1-2H3,(H,25,30). The van der Waals surface area contributed by atoms with Gasteiger partial charge in [-0.15, -0.1) is 0 Å². The van der Waals surface area contributed by atoms with Crippen molar-refractivity contribution in [1.29, 1.82) is 0 Å². The van der Waals surface area contributed by atoms with Crippen molar-refractivity contribution < 1.29 is 14.0 Å². The lowest BCUT2D eigenvalue weighted by atomic mass is 10.0. The van der Waals surface area contributed by atoms with Crippen LogP contribution in [0.1, 0.15) is 39.7 Å². The highest BCUT2D eigenvalue weighted by molar-refractivity contribution is 6.03. The molecule has 0 radical (unpaired) electrons. The molecule has 0 saturated carbocycles. The zero-order valence-electron chi connectivity index (χ0n) is 17.5. The van der Waals surface area contributed by atoms with Gasteiger partial charge >= 0.3 is 0 Å². The van der Waals surface area contributed by atoms with Crippen LogP contribution >= 0.6 is 0 Å². The second-order valence-electron chi connectivity index (χ2n) is 7.36. The molecule has 1 aromatic heterocycles. The number of anilines is 1. The lowest BCUT2D eigenvalue weighted by molar-refractivity contribution is -0.131. The van der Waals surface area contributed by atoms with E-state index in [2.05, 4.69) is 15.7 Å². The molecule has 158 valence electrons. The Morgan fingerprint density at radius 3 is 2.58 bits per heavy atom. The van der Waals surface area contributed by atoms with Crippen LogP contribution in [0.4, 0.5) is 5.69 Å². The Morgan fingerprint density at radius 2 is 1.87 bits per heavy atom. The summed E-state index contributed by atoms with van der Waals surface area (Å²) in [5.41, 5.74) is 4.05. The first-order valence-electron chi connectivity index (χ1n) is 10.1. The molecule has 0 spiro atoms. The van der Waals surface area contributed by atoms with Gasteiger partial charge in [0.1, 0.15) is 11.8 Å². The minimum atomic E-state index is -0.310. The fourth-order valence-corrected chi connectivity index (χ4v) is 3.59. The normalized spacial score (nSPS) is 15.5. The van der Waals surface area contributed by atoms with Gasteiger partial charge in [-0.1, -0.05) is 42.0 Å². The second kappa shape index (κ2) is 8.87. The summed E-state index contributed by atoms with van der Waals surface area (Å²) in [5.74, 6) is 0.255. The second-order valence-corrected chi connectivity index (χ2v) is 7.36. The molecule has 2 heterocycles. The molecule has 2 N–H and O–H groups in total. The molecule has 4 rings (SSSR count). The number of nitrogens with zero attached hydrogens (tertiary/aromatic N) is 2.